The molecule has 1 unspecified atom stereocenters. The van der Waals surface area contributed by atoms with E-state index >= 15 is 0 Å². The number of hydrogen-bond acceptors (Lipinski definition) is 4. The Hall–Kier alpha value is -1.75. The maximum absolute atomic E-state index is 10.9. The lowest BCUT2D eigenvalue weighted by Gasteiger charge is -2.10. The van der Waals surface area contributed by atoms with E-state index in [0.717, 1.165) is 36.9 Å². The summed E-state index contributed by atoms with van der Waals surface area (Å²) < 4.78 is 0. The highest BCUT2D eigenvalue weighted by Gasteiger charge is 2.08. The van der Waals surface area contributed by atoms with E-state index in [0.29, 0.717) is 19.3 Å². The van der Waals surface area contributed by atoms with Crippen molar-refractivity contribution in [2.75, 3.05) is 0 Å². The first-order valence-corrected chi connectivity index (χ1v) is 7.47. The number of rotatable bonds is 10. The van der Waals surface area contributed by atoms with Crippen molar-refractivity contribution in [3.05, 3.63) is 29.6 Å². The van der Waals surface area contributed by atoms with E-state index in [1.807, 2.05) is 18.3 Å². The number of unbranched alkanes of at least 4 members (excludes halogenated alkanes) is 2. The van der Waals surface area contributed by atoms with E-state index in [-0.39, 0.29) is 17.7 Å². The summed E-state index contributed by atoms with van der Waals surface area (Å²) >= 11 is 0. The van der Waals surface area contributed by atoms with E-state index in [2.05, 4.69) is 4.98 Å². The zero-order valence-electron chi connectivity index (χ0n) is 12.7. The molecule has 1 aromatic rings. The predicted octanol–water partition coefficient (Wildman–Crippen LogP) is 2.04. The molecule has 0 saturated heterocycles. The summed E-state index contributed by atoms with van der Waals surface area (Å²) in [6.45, 7) is 1.57. The van der Waals surface area contributed by atoms with Crippen LogP contribution < -0.4 is 11.5 Å². The van der Waals surface area contributed by atoms with Gasteiger partial charge in [-0.05, 0) is 44.2 Å². The lowest BCUT2D eigenvalue weighted by Crippen LogP contribution is -2.13. The molecular formula is C16H25N3O2. The van der Waals surface area contributed by atoms with Crippen molar-refractivity contribution in [1.29, 1.82) is 0 Å². The average Bonchev–Trinajstić information content (AvgIpc) is 2.44. The lowest BCUT2D eigenvalue weighted by atomic mass is 10.0. The Morgan fingerprint density at radius 2 is 1.95 bits per heavy atom. The number of pyridine rings is 1. The van der Waals surface area contributed by atoms with Crippen molar-refractivity contribution < 1.29 is 9.59 Å². The van der Waals surface area contributed by atoms with Gasteiger partial charge in [-0.2, -0.15) is 0 Å². The molecule has 1 amide bonds. The first-order chi connectivity index (χ1) is 9.99. The number of primary amides is 1. The molecule has 1 heterocycles. The second-order valence-corrected chi connectivity index (χ2v) is 5.47. The average molecular weight is 291 g/mol. The summed E-state index contributed by atoms with van der Waals surface area (Å²) in [4.78, 5) is 25.9. The van der Waals surface area contributed by atoms with Crippen molar-refractivity contribution in [3.63, 3.8) is 0 Å². The Bertz CT molecular complexity index is 457. The molecule has 0 spiro atoms. The predicted molar refractivity (Wildman–Crippen MR) is 82.4 cm³/mol. The van der Waals surface area contributed by atoms with Gasteiger partial charge < -0.3 is 16.3 Å². The van der Waals surface area contributed by atoms with Crippen LogP contribution in [0.2, 0.25) is 0 Å². The second kappa shape index (κ2) is 9.23. The largest absolute Gasteiger partial charge is 0.370 e. The number of nitrogens with zero attached hydrogens (tertiary/aromatic N) is 1. The molecule has 116 valence electrons. The molecule has 1 rings (SSSR count). The van der Waals surface area contributed by atoms with Gasteiger partial charge in [0.1, 0.15) is 5.78 Å². The highest BCUT2D eigenvalue weighted by Crippen LogP contribution is 2.15. The molecule has 0 aromatic carbocycles. The normalized spacial score (nSPS) is 12.1. The summed E-state index contributed by atoms with van der Waals surface area (Å²) in [7, 11) is 0. The van der Waals surface area contributed by atoms with E-state index in [1.54, 1.807) is 6.92 Å². The van der Waals surface area contributed by atoms with Gasteiger partial charge in [0.2, 0.25) is 5.91 Å². The van der Waals surface area contributed by atoms with Crippen molar-refractivity contribution >= 4 is 11.7 Å². The molecule has 0 aliphatic heterocycles. The van der Waals surface area contributed by atoms with Gasteiger partial charge in [-0.3, -0.25) is 9.78 Å². The molecule has 5 nitrogen and oxygen atoms in total. The summed E-state index contributed by atoms with van der Waals surface area (Å²) in [5.41, 5.74) is 13.1. The number of ketones is 1. The smallest absolute Gasteiger partial charge is 0.217 e. The van der Waals surface area contributed by atoms with Crippen LogP contribution in [0.4, 0.5) is 0 Å². The highest BCUT2D eigenvalue weighted by atomic mass is 16.1. The van der Waals surface area contributed by atoms with E-state index < -0.39 is 0 Å². The van der Waals surface area contributed by atoms with Crippen LogP contribution in [0.1, 0.15) is 62.7 Å². The van der Waals surface area contributed by atoms with E-state index in [9.17, 15) is 9.59 Å². The third kappa shape index (κ3) is 7.56. The minimum atomic E-state index is -0.236. The van der Waals surface area contributed by atoms with Crippen LogP contribution in [0.25, 0.3) is 0 Å². The highest BCUT2D eigenvalue weighted by molar-refractivity contribution is 5.75. The van der Waals surface area contributed by atoms with Crippen molar-refractivity contribution in [3.8, 4) is 0 Å². The Balaban J connectivity index is 2.32. The third-order valence-corrected chi connectivity index (χ3v) is 3.42. The number of nitrogens with two attached hydrogens (primary N) is 2. The zero-order valence-corrected chi connectivity index (χ0v) is 12.7. The lowest BCUT2D eigenvalue weighted by molar-refractivity contribution is -0.118. The SMILES string of the molecule is CC(=O)CCC(N)c1ccc(CCCCCC(N)=O)cn1. The fraction of sp³-hybridized carbons (Fsp3) is 0.562. The molecule has 0 radical (unpaired) electrons. The molecule has 21 heavy (non-hydrogen) atoms. The van der Waals surface area contributed by atoms with Gasteiger partial charge in [-0.1, -0.05) is 12.5 Å². The number of hydrogen-bond donors (Lipinski definition) is 2. The fourth-order valence-electron chi connectivity index (χ4n) is 2.11. The molecule has 0 bridgehead atoms. The number of aromatic nitrogens is 1. The van der Waals surface area contributed by atoms with Crippen LogP contribution in [0, 0.1) is 0 Å². The van der Waals surface area contributed by atoms with Gasteiger partial charge in [0, 0.05) is 25.1 Å². The van der Waals surface area contributed by atoms with Gasteiger partial charge in [0.15, 0.2) is 0 Å². The molecular weight excluding hydrogens is 266 g/mol. The summed E-state index contributed by atoms with van der Waals surface area (Å²) in [5.74, 6) is -0.0846. The zero-order chi connectivity index (χ0) is 15.7. The van der Waals surface area contributed by atoms with Crippen LogP contribution in [-0.2, 0) is 16.0 Å². The molecule has 5 heteroatoms. The van der Waals surface area contributed by atoms with Gasteiger partial charge in [0.05, 0.1) is 5.69 Å². The minimum Gasteiger partial charge on any atom is -0.370 e. The van der Waals surface area contributed by atoms with Crippen LogP contribution >= 0.6 is 0 Å². The number of amides is 1. The standard InChI is InChI=1S/C16H25N3O2/c1-12(20)7-9-14(17)15-10-8-13(11-19-15)5-3-2-4-6-16(18)21/h8,10-11,14H,2-7,9,17H2,1H3,(H2,18,21). The van der Waals surface area contributed by atoms with Crippen LogP contribution in [0.5, 0.6) is 0 Å². The maximum atomic E-state index is 10.9. The van der Waals surface area contributed by atoms with E-state index in [4.69, 9.17) is 11.5 Å². The van der Waals surface area contributed by atoms with E-state index in [1.165, 1.54) is 0 Å². The molecule has 0 saturated carbocycles. The summed E-state index contributed by atoms with van der Waals surface area (Å²) in [6, 6.07) is 3.78. The summed E-state index contributed by atoms with van der Waals surface area (Å²) in [6.07, 6.45) is 7.22. The van der Waals surface area contributed by atoms with Crippen molar-refractivity contribution in [2.45, 2.75) is 57.9 Å². The van der Waals surface area contributed by atoms with Gasteiger partial charge in [-0.25, -0.2) is 0 Å². The second-order valence-electron chi connectivity index (χ2n) is 5.47. The topological polar surface area (TPSA) is 99.1 Å². The Morgan fingerprint density at radius 1 is 1.19 bits per heavy atom. The van der Waals surface area contributed by atoms with Gasteiger partial charge in [-0.15, -0.1) is 0 Å². The summed E-state index contributed by atoms with van der Waals surface area (Å²) in [5, 5.41) is 0. The fourth-order valence-corrected chi connectivity index (χ4v) is 2.11. The number of carbonyl (C=O) groups is 2. The number of aryl methyl sites for hydroxylation is 1. The molecule has 0 fully saturated rings. The van der Waals surface area contributed by atoms with Gasteiger partial charge in [0.25, 0.3) is 0 Å². The monoisotopic (exact) mass is 291 g/mol. The third-order valence-electron chi connectivity index (χ3n) is 3.42. The first-order valence-electron chi connectivity index (χ1n) is 7.47. The molecule has 4 N–H and O–H groups in total. The Morgan fingerprint density at radius 3 is 2.52 bits per heavy atom. The quantitative estimate of drug-likeness (QED) is 0.644. The molecule has 1 aromatic heterocycles. The molecule has 0 aliphatic carbocycles. The van der Waals surface area contributed by atoms with Crippen molar-refractivity contribution in [2.24, 2.45) is 11.5 Å². The van der Waals surface area contributed by atoms with Crippen LogP contribution in [0.15, 0.2) is 18.3 Å². The maximum Gasteiger partial charge on any atom is 0.217 e. The molecule has 0 aliphatic rings. The van der Waals surface area contributed by atoms with Crippen LogP contribution in [0.3, 0.4) is 0 Å². The first kappa shape index (κ1) is 17.3. The number of carbonyl (C=O) groups excluding carboxylic acids is 2. The van der Waals surface area contributed by atoms with Crippen molar-refractivity contribution in [1.82, 2.24) is 4.98 Å². The minimum absolute atomic E-state index is 0.151. The molecule has 1 atom stereocenters. The number of Topliss-reactive ketones (excluding diaryl/α,β-unsaturated/α-hetero) is 1. The Kier molecular flexibility index (Phi) is 7.61. The van der Waals surface area contributed by atoms with Gasteiger partial charge >= 0.3 is 0 Å². The van der Waals surface area contributed by atoms with Crippen LogP contribution in [-0.4, -0.2) is 16.7 Å². The Labute approximate surface area is 126 Å².